The quantitative estimate of drug-likeness (QED) is 0.830. The van der Waals surface area contributed by atoms with Crippen LogP contribution in [0.1, 0.15) is 11.1 Å². The number of ether oxygens (including phenoxy) is 1. The minimum atomic E-state index is 0.765. The molecule has 0 aliphatic heterocycles. The van der Waals surface area contributed by atoms with Crippen molar-refractivity contribution in [2.24, 2.45) is 0 Å². The molecule has 0 amide bonds. The van der Waals surface area contributed by atoms with E-state index in [9.17, 15) is 0 Å². The first-order valence-electron chi connectivity index (χ1n) is 5.36. The zero-order valence-electron chi connectivity index (χ0n) is 9.83. The van der Waals surface area contributed by atoms with Crippen molar-refractivity contribution in [2.75, 3.05) is 5.73 Å². The highest BCUT2D eigenvalue weighted by molar-refractivity contribution is 9.10. The maximum Gasteiger partial charge on any atom is 0.133 e. The van der Waals surface area contributed by atoms with E-state index in [1.54, 1.807) is 0 Å². The van der Waals surface area contributed by atoms with E-state index >= 15 is 0 Å². The minimum absolute atomic E-state index is 0.765. The highest BCUT2D eigenvalue weighted by Crippen LogP contribution is 2.31. The maximum absolute atomic E-state index is 5.89. The third kappa shape index (κ3) is 2.80. The smallest absolute Gasteiger partial charge is 0.133 e. The molecule has 0 atom stereocenters. The van der Waals surface area contributed by atoms with E-state index in [0.717, 1.165) is 32.8 Å². The highest BCUT2D eigenvalue weighted by Gasteiger charge is 2.06. The molecule has 0 spiro atoms. The zero-order valence-corrected chi connectivity index (χ0v) is 11.4. The summed E-state index contributed by atoms with van der Waals surface area (Å²) in [6, 6.07) is 11.6. The van der Waals surface area contributed by atoms with Gasteiger partial charge in [-0.2, -0.15) is 0 Å². The predicted octanol–water partition coefficient (Wildman–Crippen LogP) is 4.44. The molecule has 0 saturated heterocycles. The summed E-state index contributed by atoms with van der Waals surface area (Å²) in [6.07, 6.45) is 0. The average Bonchev–Trinajstić information content (AvgIpc) is 2.23. The molecule has 88 valence electrons. The van der Waals surface area contributed by atoms with Crippen LogP contribution in [0.2, 0.25) is 0 Å². The van der Waals surface area contributed by atoms with Gasteiger partial charge in [0.1, 0.15) is 11.5 Å². The third-order valence-electron chi connectivity index (χ3n) is 2.50. The molecule has 0 bridgehead atoms. The van der Waals surface area contributed by atoms with Crippen LogP contribution in [-0.4, -0.2) is 0 Å². The number of nitrogens with two attached hydrogens (primary N) is 1. The fourth-order valence-electron chi connectivity index (χ4n) is 1.79. The van der Waals surface area contributed by atoms with Gasteiger partial charge in [-0.3, -0.25) is 0 Å². The van der Waals surface area contributed by atoms with Crippen LogP contribution in [-0.2, 0) is 0 Å². The Balaban J connectivity index is 2.36. The molecular weight excluding hydrogens is 278 g/mol. The van der Waals surface area contributed by atoms with Gasteiger partial charge in [-0.25, -0.2) is 0 Å². The Hall–Kier alpha value is -1.48. The van der Waals surface area contributed by atoms with Gasteiger partial charge < -0.3 is 10.5 Å². The number of hydrogen-bond acceptors (Lipinski definition) is 2. The molecule has 3 heteroatoms. The van der Waals surface area contributed by atoms with Crippen molar-refractivity contribution in [1.82, 2.24) is 0 Å². The van der Waals surface area contributed by atoms with Gasteiger partial charge in [-0.15, -0.1) is 0 Å². The van der Waals surface area contributed by atoms with Crippen LogP contribution in [0.15, 0.2) is 40.9 Å². The van der Waals surface area contributed by atoms with Gasteiger partial charge in [-0.1, -0.05) is 22.0 Å². The molecule has 0 saturated carbocycles. The maximum atomic E-state index is 5.89. The summed E-state index contributed by atoms with van der Waals surface area (Å²) in [7, 11) is 0. The Morgan fingerprint density at radius 2 is 1.71 bits per heavy atom. The highest BCUT2D eigenvalue weighted by atomic mass is 79.9. The van der Waals surface area contributed by atoms with E-state index in [1.807, 2.05) is 50.2 Å². The normalized spacial score (nSPS) is 10.3. The molecule has 0 heterocycles. The number of aryl methyl sites for hydroxylation is 2. The number of rotatable bonds is 2. The average molecular weight is 292 g/mol. The Bertz CT molecular complexity index is 529. The van der Waals surface area contributed by atoms with E-state index in [-0.39, 0.29) is 0 Å². The van der Waals surface area contributed by atoms with Crippen molar-refractivity contribution in [2.45, 2.75) is 13.8 Å². The summed E-state index contributed by atoms with van der Waals surface area (Å²) in [6.45, 7) is 3.99. The molecule has 2 aromatic carbocycles. The second-order valence-corrected chi connectivity index (χ2v) is 4.96. The lowest BCUT2D eigenvalue weighted by molar-refractivity contribution is 0.475. The van der Waals surface area contributed by atoms with Crippen LogP contribution < -0.4 is 10.5 Å². The fourth-order valence-corrected chi connectivity index (χ4v) is 2.17. The standard InChI is InChI=1S/C14H14BrNO/c1-9-6-12(16)7-10(2)14(9)17-13-5-3-4-11(15)8-13/h3-8H,16H2,1-2H3. The molecule has 0 fully saturated rings. The second-order valence-electron chi connectivity index (χ2n) is 4.04. The van der Waals surface area contributed by atoms with Crippen molar-refractivity contribution in [3.8, 4) is 11.5 Å². The van der Waals surface area contributed by atoms with Gasteiger partial charge in [0.15, 0.2) is 0 Å². The largest absolute Gasteiger partial charge is 0.457 e. The van der Waals surface area contributed by atoms with E-state index in [1.165, 1.54) is 0 Å². The summed E-state index contributed by atoms with van der Waals surface area (Å²) in [5.74, 6) is 1.69. The Kier molecular flexibility index (Phi) is 3.38. The van der Waals surface area contributed by atoms with Gasteiger partial charge in [0.25, 0.3) is 0 Å². The third-order valence-corrected chi connectivity index (χ3v) is 2.99. The van der Waals surface area contributed by atoms with Crippen molar-refractivity contribution in [1.29, 1.82) is 0 Å². The summed E-state index contributed by atoms with van der Waals surface area (Å²) < 4.78 is 6.89. The monoisotopic (exact) mass is 291 g/mol. The number of benzene rings is 2. The van der Waals surface area contributed by atoms with Crippen LogP contribution in [0.3, 0.4) is 0 Å². The molecule has 0 radical (unpaired) electrons. The Morgan fingerprint density at radius 3 is 2.29 bits per heavy atom. The van der Waals surface area contributed by atoms with E-state index in [0.29, 0.717) is 0 Å². The molecule has 0 unspecified atom stereocenters. The summed E-state index contributed by atoms with van der Waals surface area (Å²) in [5, 5.41) is 0. The van der Waals surface area contributed by atoms with Gasteiger partial charge in [0.2, 0.25) is 0 Å². The Morgan fingerprint density at radius 1 is 1.06 bits per heavy atom. The summed E-state index contributed by atoms with van der Waals surface area (Å²) in [4.78, 5) is 0. The van der Waals surface area contributed by atoms with Gasteiger partial charge in [0, 0.05) is 10.2 Å². The SMILES string of the molecule is Cc1cc(N)cc(C)c1Oc1cccc(Br)c1. The first kappa shape index (κ1) is 12.0. The van der Waals surface area contributed by atoms with Crippen molar-refractivity contribution >= 4 is 21.6 Å². The van der Waals surface area contributed by atoms with Crippen LogP contribution >= 0.6 is 15.9 Å². The lowest BCUT2D eigenvalue weighted by atomic mass is 10.1. The number of hydrogen-bond donors (Lipinski definition) is 1. The molecule has 2 rings (SSSR count). The number of anilines is 1. The molecular formula is C14H14BrNO. The van der Waals surface area contributed by atoms with Crippen LogP contribution in [0.5, 0.6) is 11.5 Å². The van der Waals surface area contributed by atoms with Crippen molar-refractivity contribution in [3.05, 3.63) is 52.0 Å². The first-order valence-corrected chi connectivity index (χ1v) is 6.15. The molecule has 0 aliphatic carbocycles. The van der Waals surface area contributed by atoms with Crippen molar-refractivity contribution < 1.29 is 4.74 Å². The summed E-state index contributed by atoms with van der Waals surface area (Å²) >= 11 is 3.42. The van der Waals surface area contributed by atoms with Crippen LogP contribution in [0, 0.1) is 13.8 Å². The van der Waals surface area contributed by atoms with Gasteiger partial charge in [0.05, 0.1) is 0 Å². The molecule has 2 aromatic rings. The molecule has 2 nitrogen and oxygen atoms in total. The van der Waals surface area contributed by atoms with E-state index in [4.69, 9.17) is 10.5 Å². The Labute approximate surface area is 110 Å². The van der Waals surface area contributed by atoms with Gasteiger partial charge in [-0.05, 0) is 55.3 Å². The van der Waals surface area contributed by atoms with E-state index < -0.39 is 0 Å². The van der Waals surface area contributed by atoms with Gasteiger partial charge >= 0.3 is 0 Å². The lowest BCUT2D eigenvalue weighted by Crippen LogP contribution is -1.94. The topological polar surface area (TPSA) is 35.2 Å². The zero-order chi connectivity index (χ0) is 12.4. The summed E-state index contributed by atoms with van der Waals surface area (Å²) in [5.41, 5.74) is 8.64. The predicted molar refractivity (Wildman–Crippen MR) is 74.5 cm³/mol. The number of nitrogen functional groups attached to an aromatic ring is 1. The first-order chi connectivity index (χ1) is 8.06. The second kappa shape index (κ2) is 4.80. The fraction of sp³-hybridized carbons (Fsp3) is 0.143. The molecule has 17 heavy (non-hydrogen) atoms. The molecule has 0 aromatic heterocycles. The lowest BCUT2D eigenvalue weighted by Gasteiger charge is -2.12. The minimum Gasteiger partial charge on any atom is -0.457 e. The van der Waals surface area contributed by atoms with Crippen LogP contribution in [0.25, 0.3) is 0 Å². The van der Waals surface area contributed by atoms with Crippen LogP contribution in [0.4, 0.5) is 5.69 Å². The molecule has 2 N–H and O–H groups in total. The molecule has 0 aliphatic rings. The van der Waals surface area contributed by atoms with E-state index in [2.05, 4.69) is 15.9 Å². The van der Waals surface area contributed by atoms with Crippen molar-refractivity contribution in [3.63, 3.8) is 0 Å². The number of halogens is 1.